The van der Waals surface area contributed by atoms with Crippen molar-refractivity contribution in [2.75, 3.05) is 19.7 Å². The number of halogens is 1. The minimum Gasteiger partial charge on any atom is -0.372 e. The van der Waals surface area contributed by atoms with Gasteiger partial charge in [-0.3, -0.25) is 0 Å². The Labute approximate surface area is 122 Å². The Hall–Kier alpha value is 0.100. The Balaban J connectivity index is 1.96. The summed E-state index contributed by atoms with van der Waals surface area (Å²) in [7, 11) is 0. The number of nitrogens with one attached hydrogen (secondary N) is 1. The molecule has 1 N–H and O–H groups in total. The Morgan fingerprint density at radius 3 is 3.06 bits per heavy atom. The van der Waals surface area contributed by atoms with E-state index in [1.54, 1.807) is 11.3 Å². The molecule has 1 saturated heterocycles. The van der Waals surface area contributed by atoms with Gasteiger partial charge in [0.2, 0.25) is 0 Å². The first-order chi connectivity index (χ1) is 8.68. The van der Waals surface area contributed by atoms with Crippen molar-refractivity contribution in [3.63, 3.8) is 0 Å². The lowest BCUT2D eigenvalue weighted by Gasteiger charge is -2.32. The summed E-state index contributed by atoms with van der Waals surface area (Å²) >= 11 is 5.43. The Morgan fingerprint density at radius 1 is 1.56 bits per heavy atom. The molecule has 2 rings (SSSR count). The fraction of sp³-hybridized carbons (Fsp3) is 0.714. The van der Waals surface area contributed by atoms with Crippen LogP contribution in [0.1, 0.15) is 37.7 Å². The van der Waals surface area contributed by atoms with Crippen LogP contribution in [0.5, 0.6) is 0 Å². The van der Waals surface area contributed by atoms with Crippen LogP contribution in [0, 0.1) is 11.8 Å². The molecule has 0 aromatic carbocycles. The molecule has 18 heavy (non-hydrogen) atoms. The summed E-state index contributed by atoms with van der Waals surface area (Å²) < 4.78 is 7.22. The van der Waals surface area contributed by atoms with Gasteiger partial charge >= 0.3 is 0 Å². The second kappa shape index (κ2) is 7.04. The molecule has 0 spiro atoms. The smallest absolute Gasteiger partial charge is 0.0968 e. The van der Waals surface area contributed by atoms with Crippen LogP contribution in [-0.2, 0) is 4.74 Å². The van der Waals surface area contributed by atoms with Gasteiger partial charge in [-0.05, 0) is 52.7 Å². The zero-order chi connectivity index (χ0) is 13.0. The lowest BCUT2D eigenvalue weighted by Crippen LogP contribution is -2.33. The average Bonchev–Trinajstić information content (AvgIpc) is 2.76. The molecule has 102 valence electrons. The van der Waals surface area contributed by atoms with E-state index in [0.717, 1.165) is 19.7 Å². The molecule has 2 nitrogen and oxygen atoms in total. The fourth-order valence-electron chi connectivity index (χ4n) is 2.41. The van der Waals surface area contributed by atoms with Crippen LogP contribution in [0.25, 0.3) is 0 Å². The minimum atomic E-state index is 0.271. The summed E-state index contributed by atoms with van der Waals surface area (Å²) in [5.41, 5.74) is 0. The SMILES string of the molecule is CC(C)CNCC1CCCOC1c1sccc1Br. The molecule has 2 atom stereocenters. The molecule has 0 radical (unpaired) electrons. The first kappa shape index (κ1) is 14.5. The minimum absolute atomic E-state index is 0.271. The average molecular weight is 332 g/mol. The fourth-order valence-corrected chi connectivity index (χ4v) is 4.15. The summed E-state index contributed by atoms with van der Waals surface area (Å²) in [6, 6.07) is 2.12. The molecular formula is C14H22BrNOS. The largest absolute Gasteiger partial charge is 0.372 e. The lowest BCUT2D eigenvalue weighted by molar-refractivity contribution is -0.0261. The predicted octanol–water partition coefficient (Wildman–Crippen LogP) is 4.22. The van der Waals surface area contributed by atoms with Gasteiger partial charge in [-0.2, -0.15) is 0 Å². The Bertz CT molecular complexity index is 366. The van der Waals surface area contributed by atoms with Crippen LogP contribution < -0.4 is 5.32 Å². The summed E-state index contributed by atoms with van der Waals surface area (Å²) in [5.74, 6) is 1.31. The van der Waals surface area contributed by atoms with Gasteiger partial charge in [0.15, 0.2) is 0 Å². The maximum atomic E-state index is 6.01. The van der Waals surface area contributed by atoms with Crippen LogP contribution in [0.3, 0.4) is 0 Å². The summed E-state index contributed by atoms with van der Waals surface area (Å²) in [5, 5.41) is 5.71. The van der Waals surface area contributed by atoms with E-state index >= 15 is 0 Å². The maximum Gasteiger partial charge on any atom is 0.0968 e. The van der Waals surface area contributed by atoms with Crippen molar-refractivity contribution in [3.05, 3.63) is 20.8 Å². The molecule has 0 amide bonds. The van der Waals surface area contributed by atoms with E-state index in [0.29, 0.717) is 11.8 Å². The van der Waals surface area contributed by atoms with Gasteiger partial charge in [0.1, 0.15) is 0 Å². The quantitative estimate of drug-likeness (QED) is 0.871. The number of rotatable bonds is 5. The molecule has 0 saturated carbocycles. The van der Waals surface area contributed by atoms with Crippen molar-refractivity contribution >= 4 is 27.3 Å². The topological polar surface area (TPSA) is 21.3 Å². The molecule has 1 aromatic heterocycles. The van der Waals surface area contributed by atoms with Gasteiger partial charge in [-0.15, -0.1) is 11.3 Å². The van der Waals surface area contributed by atoms with Gasteiger partial charge in [0.25, 0.3) is 0 Å². The second-order valence-corrected chi connectivity index (χ2v) is 7.18. The van der Waals surface area contributed by atoms with E-state index in [9.17, 15) is 0 Å². The van der Waals surface area contributed by atoms with Crippen molar-refractivity contribution < 1.29 is 4.74 Å². The van der Waals surface area contributed by atoms with Gasteiger partial charge in [-0.25, -0.2) is 0 Å². The highest BCUT2D eigenvalue weighted by Crippen LogP contribution is 2.39. The van der Waals surface area contributed by atoms with Gasteiger partial charge in [0, 0.05) is 28.4 Å². The summed E-state index contributed by atoms with van der Waals surface area (Å²) in [4.78, 5) is 1.35. The monoisotopic (exact) mass is 331 g/mol. The summed E-state index contributed by atoms with van der Waals surface area (Å²) in [6.45, 7) is 7.55. The third-order valence-corrected chi connectivity index (χ3v) is 5.24. The van der Waals surface area contributed by atoms with E-state index in [2.05, 4.69) is 46.5 Å². The zero-order valence-corrected chi connectivity index (χ0v) is 13.5. The van der Waals surface area contributed by atoms with Crippen LogP contribution in [0.4, 0.5) is 0 Å². The summed E-state index contributed by atoms with van der Waals surface area (Å²) in [6.07, 6.45) is 2.72. The van der Waals surface area contributed by atoms with Gasteiger partial charge in [-0.1, -0.05) is 13.8 Å². The number of ether oxygens (including phenoxy) is 1. The zero-order valence-electron chi connectivity index (χ0n) is 11.1. The molecular weight excluding hydrogens is 310 g/mol. The second-order valence-electron chi connectivity index (χ2n) is 5.38. The van der Waals surface area contributed by atoms with Crippen molar-refractivity contribution in [3.8, 4) is 0 Å². The van der Waals surface area contributed by atoms with Crippen molar-refractivity contribution in [1.82, 2.24) is 5.32 Å². The molecule has 2 heterocycles. The van der Waals surface area contributed by atoms with Crippen molar-refractivity contribution in [1.29, 1.82) is 0 Å². The van der Waals surface area contributed by atoms with Crippen molar-refractivity contribution in [2.24, 2.45) is 11.8 Å². The lowest BCUT2D eigenvalue weighted by atomic mass is 9.93. The first-order valence-corrected chi connectivity index (χ1v) is 8.41. The van der Waals surface area contributed by atoms with E-state index in [-0.39, 0.29) is 6.10 Å². The number of thiophene rings is 1. The van der Waals surface area contributed by atoms with E-state index < -0.39 is 0 Å². The van der Waals surface area contributed by atoms with Crippen LogP contribution in [0.2, 0.25) is 0 Å². The van der Waals surface area contributed by atoms with E-state index in [4.69, 9.17) is 4.74 Å². The van der Waals surface area contributed by atoms with Gasteiger partial charge in [0.05, 0.1) is 6.10 Å². The standard InChI is InChI=1S/C14H22BrNOS/c1-10(2)8-16-9-11-4-3-6-17-13(11)14-12(15)5-7-18-14/h5,7,10-11,13,16H,3-4,6,8-9H2,1-2H3. The third-order valence-electron chi connectivity index (χ3n) is 3.31. The molecule has 1 aliphatic rings. The normalized spacial score (nSPS) is 24.7. The number of hydrogen-bond donors (Lipinski definition) is 1. The van der Waals surface area contributed by atoms with E-state index in [1.165, 1.54) is 22.2 Å². The van der Waals surface area contributed by atoms with E-state index in [1.807, 2.05) is 0 Å². The third kappa shape index (κ3) is 3.80. The Kier molecular flexibility index (Phi) is 5.67. The highest BCUT2D eigenvalue weighted by molar-refractivity contribution is 9.10. The van der Waals surface area contributed by atoms with Gasteiger partial charge < -0.3 is 10.1 Å². The molecule has 1 fully saturated rings. The first-order valence-electron chi connectivity index (χ1n) is 6.73. The molecule has 1 aromatic rings. The number of hydrogen-bond acceptors (Lipinski definition) is 3. The molecule has 1 aliphatic heterocycles. The molecule has 0 aliphatic carbocycles. The molecule has 4 heteroatoms. The highest BCUT2D eigenvalue weighted by atomic mass is 79.9. The Morgan fingerprint density at radius 2 is 2.39 bits per heavy atom. The predicted molar refractivity (Wildman–Crippen MR) is 81.1 cm³/mol. The van der Waals surface area contributed by atoms with Crippen LogP contribution >= 0.6 is 27.3 Å². The maximum absolute atomic E-state index is 6.01. The van der Waals surface area contributed by atoms with Crippen LogP contribution in [-0.4, -0.2) is 19.7 Å². The van der Waals surface area contributed by atoms with Crippen LogP contribution in [0.15, 0.2) is 15.9 Å². The molecule has 0 bridgehead atoms. The highest BCUT2D eigenvalue weighted by Gasteiger charge is 2.29. The molecule has 2 unspecified atom stereocenters. The van der Waals surface area contributed by atoms with Crippen molar-refractivity contribution in [2.45, 2.75) is 32.8 Å².